The molecule has 8 nitrogen and oxygen atoms in total. The van der Waals surface area contributed by atoms with Gasteiger partial charge in [0.05, 0.1) is 12.1 Å². The van der Waals surface area contributed by atoms with Gasteiger partial charge in [-0.15, -0.1) is 0 Å². The second-order valence-corrected chi connectivity index (χ2v) is 9.82. The van der Waals surface area contributed by atoms with Crippen LogP contribution < -0.4 is 16.4 Å². The van der Waals surface area contributed by atoms with Crippen LogP contribution in [0.15, 0.2) is 72.1 Å². The van der Waals surface area contributed by atoms with Crippen LogP contribution in [0.4, 0.5) is 5.69 Å². The lowest BCUT2D eigenvalue weighted by molar-refractivity contribution is -0.120. The summed E-state index contributed by atoms with van der Waals surface area (Å²) < 4.78 is 0. The van der Waals surface area contributed by atoms with Crippen molar-refractivity contribution in [1.29, 1.82) is 0 Å². The van der Waals surface area contributed by atoms with E-state index in [1.165, 1.54) is 0 Å². The number of anilines is 1. The number of rotatable bonds is 12. The van der Waals surface area contributed by atoms with Gasteiger partial charge in [0, 0.05) is 29.3 Å². The van der Waals surface area contributed by atoms with Crippen LogP contribution in [0.2, 0.25) is 5.02 Å². The molecule has 0 bridgehead atoms. The molecule has 184 valence electrons. The third kappa shape index (κ3) is 7.58. The molecule has 0 saturated carbocycles. The van der Waals surface area contributed by atoms with Gasteiger partial charge in [-0.3, -0.25) is 14.6 Å². The van der Waals surface area contributed by atoms with E-state index in [-0.39, 0.29) is 18.2 Å². The molecule has 3 aromatic rings. The van der Waals surface area contributed by atoms with Gasteiger partial charge >= 0.3 is 0 Å². The normalized spacial score (nSPS) is 12.8. The molecule has 0 saturated heterocycles. The average Bonchev–Trinajstić information content (AvgIpc) is 2.85. The molecular weight excluding hydrogens is 484 g/mol. The number of halogens is 1. The van der Waals surface area contributed by atoms with Gasteiger partial charge in [-0.25, -0.2) is 4.98 Å². The van der Waals surface area contributed by atoms with E-state index in [0.717, 1.165) is 24.7 Å². The zero-order valence-corrected chi connectivity index (χ0v) is 21.3. The van der Waals surface area contributed by atoms with E-state index in [9.17, 15) is 9.59 Å². The van der Waals surface area contributed by atoms with Gasteiger partial charge < -0.3 is 21.3 Å². The third-order valence-electron chi connectivity index (χ3n) is 5.14. The van der Waals surface area contributed by atoms with Gasteiger partial charge in [-0.2, -0.15) is 0 Å². The first kappa shape index (κ1) is 26.8. The molecular formula is C25H29ClN6O2S. The summed E-state index contributed by atoms with van der Waals surface area (Å²) in [5.41, 5.74) is 8.22. The Morgan fingerprint density at radius 2 is 1.80 bits per heavy atom. The Hall–Kier alpha value is -2.82. The summed E-state index contributed by atoms with van der Waals surface area (Å²) in [5, 5.41) is 6.93. The highest BCUT2D eigenvalue weighted by atomic mass is 35.5. The summed E-state index contributed by atoms with van der Waals surface area (Å²) in [6.07, 6.45) is 5.64. The lowest BCUT2D eigenvalue weighted by atomic mass is 10.0. The van der Waals surface area contributed by atoms with Crippen LogP contribution in [0.3, 0.4) is 0 Å². The van der Waals surface area contributed by atoms with E-state index >= 15 is 0 Å². The number of thioether (sulfide) groups is 1. The highest BCUT2D eigenvalue weighted by molar-refractivity contribution is 8.01. The Morgan fingerprint density at radius 3 is 2.49 bits per heavy atom. The van der Waals surface area contributed by atoms with Crippen LogP contribution in [0.1, 0.15) is 22.3 Å². The molecule has 10 heteroatoms. The van der Waals surface area contributed by atoms with Crippen LogP contribution in [0.5, 0.6) is 0 Å². The van der Waals surface area contributed by atoms with Crippen molar-refractivity contribution in [1.82, 2.24) is 20.2 Å². The maximum absolute atomic E-state index is 13.4. The van der Waals surface area contributed by atoms with Crippen LogP contribution >= 0.6 is 23.4 Å². The number of carbonyl (C=O) groups excluding carboxylic acids is 2. The molecule has 35 heavy (non-hydrogen) atoms. The van der Waals surface area contributed by atoms with Crippen LogP contribution in [0.25, 0.3) is 0 Å². The topological polar surface area (TPSA) is 113 Å². The van der Waals surface area contributed by atoms with Crippen molar-refractivity contribution in [3.63, 3.8) is 0 Å². The molecule has 3 rings (SSSR count). The molecule has 1 amide bonds. The lowest BCUT2D eigenvalue weighted by Crippen LogP contribution is -2.46. The van der Waals surface area contributed by atoms with Gasteiger partial charge in [0.1, 0.15) is 5.03 Å². The highest BCUT2D eigenvalue weighted by Crippen LogP contribution is 2.38. The van der Waals surface area contributed by atoms with Gasteiger partial charge in [-0.1, -0.05) is 23.4 Å². The zero-order chi connectivity index (χ0) is 25.3. The fourth-order valence-electron chi connectivity index (χ4n) is 3.26. The number of Topliss-reactive ketones (excluding diaryl/α,β-unsaturated/α-hetero) is 1. The molecule has 0 spiro atoms. The SMILES string of the molecule is CN(C)CCCNCC(=O)C(N)(Sc1ncccc1C(=O)Nc1ccc(Cl)cc1)c1ccncc1. The average molecular weight is 513 g/mol. The first-order chi connectivity index (χ1) is 16.8. The van der Waals surface area contributed by atoms with E-state index in [0.29, 0.717) is 33.4 Å². The van der Waals surface area contributed by atoms with Gasteiger partial charge in [0.2, 0.25) is 0 Å². The summed E-state index contributed by atoms with van der Waals surface area (Å²) in [4.78, 5) is 35.5. The van der Waals surface area contributed by atoms with E-state index in [1.54, 1.807) is 67.1 Å². The molecule has 0 aliphatic heterocycles. The fourth-order valence-corrected chi connectivity index (χ4v) is 4.51. The van der Waals surface area contributed by atoms with Gasteiger partial charge in [-0.05, 0) is 87.7 Å². The number of nitrogens with two attached hydrogens (primary N) is 1. The molecule has 2 heterocycles. The van der Waals surface area contributed by atoms with E-state index < -0.39 is 4.87 Å². The van der Waals surface area contributed by atoms with Crippen LogP contribution in [-0.4, -0.2) is 60.3 Å². The summed E-state index contributed by atoms with van der Waals surface area (Å²) in [6, 6.07) is 13.5. The number of amides is 1. The van der Waals surface area contributed by atoms with E-state index in [1.807, 2.05) is 14.1 Å². The quantitative estimate of drug-likeness (QED) is 0.192. The number of nitrogens with zero attached hydrogens (tertiary/aromatic N) is 3. The van der Waals surface area contributed by atoms with E-state index in [4.69, 9.17) is 17.3 Å². The third-order valence-corrected chi connectivity index (χ3v) is 6.70. The minimum Gasteiger partial charge on any atom is -0.322 e. The number of nitrogens with one attached hydrogen (secondary N) is 2. The molecule has 0 radical (unpaired) electrons. The van der Waals surface area contributed by atoms with Crippen molar-refractivity contribution >= 4 is 40.7 Å². The Morgan fingerprint density at radius 1 is 1.09 bits per heavy atom. The van der Waals surface area contributed by atoms with Crippen molar-refractivity contribution in [2.24, 2.45) is 5.73 Å². The fraction of sp³-hybridized carbons (Fsp3) is 0.280. The van der Waals surface area contributed by atoms with Crippen molar-refractivity contribution < 1.29 is 9.59 Å². The predicted molar refractivity (Wildman–Crippen MR) is 141 cm³/mol. The van der Waals surface area contributed by atoms with Gasteiger partial charge in [0.25, 0.3) is 5.91 Å². The lowest BCUT2D eigenvalue weighted by Gasteiger charge is -2.28. The Balaban J connectivity index is 1.82. The number of pyridine rings is 2. The molecule has 4 N–H and O–H groups in total. The number of aromatic nitrogens is 2. The molecule has 1 aromatic carbocycles. The summed E-state index contributed by atoms with van der Waals surface area (Å²) in [6.45, 7) is 1.67. The Bertz CT molecular complexity index is 1130. The smallest absolute Gasteiger partial charge is 0.258 e. The molecule has 0 aliphatic carbocycles. The minimum atomic E-state index is -1.47. The number of benzene rings is 1. The molecule has 0 aliphatic rings. The Kier molecular flexibility index (Phi) is 9.76. The second kappa shape index (κ2) is 12.8. The molecule has 1 atom stereocenters. The largest absolute Gasteiger partial charge is 0.322 e. The summed E-state index contributed by atoms with van der Waals surface area (Å²) in [5.74, 6) is -0.595. The standard InChI is InChI=1S/C25H29ClN6O2S/c1-32(2)16-4-12-29-17-22(33)25(27,18-10-14-28-15-11-18)35-24-21(5-3-13-30-24)23(34)31-20-8-6-19(26)7-9-20/h3,5-11,13-15,29H,4,12,16-17,27H2,1-2H3,(H,31,34). The highest BCUT2D eigenvalue weighted by Gasteiger charge is 2.38. The second-order valence-electron chi connectivity index (χ2n) is 8.15. The number of hydrogen-bond donors (Lipinski definition) is 3. The van der Waals surface area contributed by atoms with E-state index in [2.05, 4.69) is 25.5 Å². The number of hydrogen-bond acceptors (Lipinski definition) is 8. The maximum Gasteiger partial charge on any atom is 0.258 e. The predicted octanol–water partition coefficient (Wildman–Crippen LogP) is 3.40. The summed E-state index contributed by atoms with van der Waals surface area (Å²) in [7, 11) is 4.01. The Labute approximate surface area is 214 Å². The first-order valence-electron chi connectivity index (χ1n) is 11.1. The minimum absolute atomic E-state index is 0.0817. The molecule has 1 unspecified atom stereocenters. The maximum atomic E-state index is 13.4. The number of ketones is 1. The van der Waals surface area contributed by atoms with Crippen molar-refractivity contribution in [2.75, 3.05) is 39.0 Å². The number of carbonyl (C=O) groups is 2. The first-order valence-corrected chi connectivity index (χ1v) is 12.3. The molecule has 0 fully saturated rings. The van der Waals surface area contributed by atoms with Crippen molar-refractivity contribution in [3.8, 4) is 0 Å². The molecule has 2 aromatic heterocycles. The zero-order valence-electron chi connectivity index (χ0n) is 19.7. The van der Waals surface area contributed by atoms with Crippen LogP contribution in [0, 0.1) is 0 Å². The van der Waals surface area contributed by atoms with Gasteiger partial charge in [0.15, 0.2) is 10.7 Å². The van der Waals surface area contributed by atoms with Crippen LogP contribution in [-0.2, 0) is 9.67 Å². The monoisotopic (exact) mass is 512 g/mol. The van der Waals surface area contributed by atoms with Crippen molar-refractivity contribution in [3.05, 3.63) is 83.3 Å². The summed E-state index contributed by atoms with van der Waals surface area (Å²) >= 11 is 6.98. The van der Waals surface area contributed by atoms with Crippen molar-refractivity contribution in [2.45, 2.75) is 16.3 Å².